The number of amides is 1. The Bertz CT molecular complexity index is 607. The van der Waals surface area contributed by atoms with Crippen molar-refractivity contribution in [1.82, 2.24) is 5.32 Å². The van der Waals surface area contributed by atoms with Gasteiger partial charge in [0, 0.05) is 5.56 Å². The van der Waals surface area contributed by atoms with Crippen LogP contribution < -0.4 is 5.32 Å². The average Bonchev–Trinajstić information content (AvgIpc) is 3.02. The van der Waals surface area contributed by atoms with Crippen molar-refractivity contribution in [3.8, 4) is 0 Å². The third kappa shape index (κ3) is 3.42. The lowest BCUT2D eigenvalue weighted by atomic mass is 10.0. The molecule has 0 aromatic heterocycles. The molecule has 0 saturated carbocycles. The lowest BCUT2D eigenvalue weighted by Crippen LogP contribution is -2.51. The number of nitrogens with one attached hydrogen (secondary N) is 1. The Labute approximate surface area is 138 Å². The van der Waals surface area contributed by atoms with Crippen molar-refractivity contribution in [3.05, 3.63) is 35.6 Å². The summed E-state index contributed by atoms with van der Waals surface area (Å²) < 4.78 is 29.5. The van der Waals surface area contributed by atoms with Crippen LogP contribution in [0.1, 0.15) is 24.2 Å². The monoisotopic (exact) mass is 341 g/mol. The first kappa shape index (κ1) is 17.2. The maximum atomic E-state index is 13.0. The number of aliphatic hydroxyl groups is 2. The molecule has 24 heavy (non-hydrogen) atoms. The van der Waals surface area contributed by atoms with Crippen LogP contribution in [0.5, 0.6) is 0 Å². The summed E-state index contributed by atoms with van der Waals surface area (Å²) in [6, 6.07) is 4.10. The van der Waals surface area contributed by atoms with Crippen LogP contribution in [0.25, 0.3) is 0 Å². The third-order valence-electron chi connectivity index (χ3n) is 4.11. The first-order valence-corrected chi connectivity index (χ1v) is 7.67. The highest BCUT2D eigenvalue weighted by atomic mass is 19.1. The standard InChI is InChI=1S/C16H20FNO6/c1-16(2)22-7-10(24-16)13-11(12(19)15(21)23-13)18-14(20)8-3-5-9(17)6-4-8/h3-6,10-13,15,19,21H,7H2,1-2H3,(H,18,20)/t10-,11+,12-,13-,15+/m1/s1. The first-order chi connectivity index (χ1) is 11.3. The van der Waals surface area contributed by atoms with E-state index in [4.69, 9.17) is 14.2 Å². The van der Waals surface area contributed by atoms with Gasteiger partial charge in [0.25, 0.3) is 5.91 Å². The van der Waals surface area contributed by atoms with Crippen LogP contribution in [-0.4, -0.2) is 59.2 Å². The van der Waals surface area contributed by atoms with E-state index in [1.54, 1.807) is 13.8 Å². The van der Waals surface area contributed by atoms with Gasteiger partial charge in [-0.3, -0.25) is 4.79 Å². The normalized spacial score (nSPS) is 35.1. The first-order valence-electron chi connectivity index (χ1n) is 7.67. The molecule has 0 bridgehead atoms. The van der Waals surface area contributed by atoms with E-state index in [-0.39, 0.29) is 12.2 Å². The van der Waals surface area contributed by atoms with Crippen molar-refractivity contribution in [1.29, 1.82) is 0 Å². The predicted molar refractivity (Wildman–Crippen MR) is 79.4 cm³/mol. The van der Waals surface area contributed by atoms with Gasteiger partial charge in [-0.25, -0.2) is 4.39 Å². The summed E-state index contributed by atoms with van der Waals surface area (Å²) in [6.45, 7) is 3.68. The number of rotatable bonds is 3. The van der Waals surface area contributed by atoms with Crippen molar-refractivity contribution < 1.29 is 33.6 Å². The maximum absolute atomic E-state index is 13.0. The number of hydrogen-bond donors (Lipinski definition) is 3. The molecular formula is C16H20FNO6. The fraction of sp³-hybridized carbons (Fsp3) is 0.562. The number of carbonyl (C=O) groups is 1. The molecule has 3 rings (SSSR count). The van der Waals surface area contributed by atoms with Crippen LogP contribution in [0.3, 0.4) is 0 Å². The SMILES string of the molecule is CC1(C)OC[C@H]([C@H]2O[C@H](O)[C@H](O)[C@@H]2NC(=O)c2ccc(F)cc2)O1. The Morgan fingerprint density at radius 1 is 1.29 bits per heavy atom. The Balaban J connectivity index is 1.73. The van der Waals surface area contributed by atoms with Gasteiger partial charge in [-0.1, -0.05) is 0 Å². The van der Waals surface area contributed by atoms with Gasteiger partial charge in [0.15, 0.2) is 12.1 Å². The van der Waals surface area contributed by atoms with Crippen molar-refractivity contribution in [2.24, 2.45) is 0 Å². The van der Waals surface area contributed by atoms with Crippen LogP contribution in [0.4, 0.5) is 4.39 Å². The minimum atomic E-state index is -1.44. The van der Waals surface area contributed by atoms with Crippen molar-refractivity contribution in [2.75, 3.05) is 6.61 Å². The second kappa shape index (κ2) is 6.38. The topological polar surface area (TPSA) is 97.3 Å². The Kier molecular flexibility index (Phi) is 4.58. The number of hydrogen-bond acceptors (Lipinski definition) is 6. The number of benzene rings is 1. The summed E-state index contributed by atoms with van der Waals surface area (Å²) in [7, 11) is 0. The lowest BCUT2D eigenvalue weighted by Gasteiger charge is -2.26. The molecule has 0 radical (unpaired) electrons. The fourth-order valence-corrected chi connectivity index (χ4v) is 2.90. The van der Waals surface area contributed by atoms with Gasteiger partial charge >= 0.3 is 0 Å². The molecule has 8 heteroatoms. The van der Waals surface area contributed by atoms with Gasteiger partial charge in [-0.05, 0) is 38.1 Å². The third-order valence-corrected chi connectivity index (χ3v) is 4.11. The summed E-state index contributed by atoms with van der Waals surface area (Å²) in [4.78, 5) is 12.3. The van der Waals surface area contributed by atoms with Crippen LogP contribution in [0.15, 0.2) is 24.3 Å². The highest BCUT2D eigenvalue weighted by Gasteiger charge is 2.51. The molecule has 0 aliphatic carbocycles. The zero-order valence-electron chi connectivity index (χ0n) is 13.3. The van der Waals surface area contributed by atoms with E-state index >= 15 is 0 Å². The van der Waals surface area contributed by atoms with Gasteiger partial charge < -0.3 is 29.7 Å². The van der Waals surface area contributed by atoms with Crippen molar-refractivity contribution >= 4 is 5.91 Å². The largest absolute Gasteiger partial charge is 0.386 e. The zero-order valence-corrected chi connectivity index (χ0v) is 13.3. The summed E-state index contributed by atoms with van der Waals surface area (Å²) in [5.74, 6) is -1.78. The molecule has 1 aromatic carbocycles. The predicted octanol–water partition coefficient (Wildman–Crippen LogP) is 0.154. The molecule has 2 aliphatic heterocycles. The van der Waals surface area contributed by atoms with E-state index in [2.05, 4.69) is 5.32 Å². The molecule has 132 valence electrons. The minimum Gasteiger partial charge on any atom is -0.386 e. The van der Waals surface area contributed by atoms with Gasteiger partial charge in [0.2, 0.25) is 0 Å². The number of ether oxygens (including phenoxy) is 3. The molecule has 2 heterocycles. The Hall–Kier alpha value is -1.58. The van der Waals surface area contributed by atoms with Crippen LogP contribution in [-0.2, 0) is 14.2 Å². The minimum absolute atomic E-state index is 0.208. The Morgan fingerprint density at radius 2 is 1.96 bits per heavy atom. The van der Waals surface area contributed by atoms with Crippen LogP contribution in [0, 0.1) is 5.82 Å². The molecule has 3 N–H and O–H groups in total. The molecule has 7 nitrogen and oxygen atoms in total. The number of halogens is 1. The smallest absolute Gasteiger partial charge is 0.251 e. The van der Waals surface area contributed by atoms with E-state index < -0.39 is 48.2 Å². The van der Waals surface area contributed by atoms with Gasteiger partial charge in [-0.2, -0.15) is 0 Å². The summed E-state index contributed by atoms with van der Waals surface area (Å²) in [5, 5.41) is 22.5. The van der Waals surface area contributed by atoms with Crippen LogP contribution in [0.2, 0.25) is 0 Å². The average molecular weight is 341 g/mol. The second-order valence-corrected chi connectivity index (χ2v) is 6.36. The van der Waals surface area contributed by atoms with Crippen molar-refractivity contribution in [3.63, 3.8) is 0 Å². The number of aliphatic hydroxyl groups excluding tert-OH is 2. The van der Waals surface area contributed by atoms with Gasteiger partial charge in [0.05, 0.1) is 12.6 Å². The highest BCUT2D eigenvalue weighted by Crippen LogP contribution is 2.31. The molecule has 1 aromatic rings. The molecule has 2 saturated heterocycles. The van der Waals surface area contributed by atoms with E-state index in [0.29, 0.717) is 0 Å². The molecular weight excluding hydrogens is 321 g/mol. The number of carbonyl (C=O) groups excluding carboxylic acids is 1. The van der Waals surface area contributed by atoms with Gasteiger partial charge in [-0.15, -0.1) is 0 Å². The van der Waals surface area contributed by atoms with E-state index in [0.717, 1.165) is 0 Å². The zero-order chi connectivity index (χ0) is 17.5. The highest BCUT2D eigenvalue weighted by molar-refractivity contribution is 5.94. The maximum Gasteiger partial charge on any atom is 0.251 e. The Morgan fingerprint density at radius 3 is 2.54 bits per heavy atom. The summed E-state index contributed by atoms with van der Waals surface area (Å²) in [6.07, 6.45) is -4.08. The second-order valence-electron chi connectivity index (χ2n) is 6.36. The van der Waals surface area contributed by atoms with E-state index in [1.807, 2.05) is 0 Å². The molecule has 2 aliphatic rings. The summed E-state index contributed by atoms with van der Waals surface area (Å²) in [5.41, 5.74) is 0.229. The lowest BCUT2D eigenvalue weighted by molar-refractivity contribution is -0.175. The molecule has 2 fully saturated rings. The van der Waals surface area contributed by atoms with Gasteiger partial charge in [0.1, 0.15) is 24.1 Å². The molecule has 0 spiro atoms. The molecule has 0 unspecified atom stereocenters. The molecule has 5 atom stereocenters. The summed E-state index contributed by atoms with van der Waals surface area (Å²) >= 11 is 0. The van der Waals surface area contributed by atoms with E-state index in [9.17, 15) is 19.4 Å². The fourth-order valence-electron chi connectivity index (χ4n) is 2.90. The quantitative estimate of drug-likeness (QED) is 0.724. The van der Waals surface area contributed by atoms with Crippen molar-refractivity contribution in [2.45, 2.75) is 50.3 Å². The van der Waals surface area contributed by atoms with Crippen LogP contribution >= 0.6 is 0 Å². The molecule has 1 amide bonds. The van der Waals surface area contributed by atoms with E-state index in [1.165, 1.54) is 24.3 Å².